The first-order chi connectivity index (χ1) is 10.1. The van der Waals surface area contributed by atoms with Crippen LogP contribution in [0.5, 0.6) is 5.75 Å². The fourth-order valence-corrected chi connectivity index (χ4v) is 2.16. The first kappa shape index (κ1) is 15.5. The van der Waals surface area contributed by atoms with E-state index in [2.05, 4.69) is 11.6 Å². The van der Waals surface area contributed by atoms with Crippen molar-refractivity contribution in [1.82, 2.24) is 0 Å². The molecule has 0 amide bonds. The van der Waals surface area contributed by atoms with Gasteiger partial charge in [-0.3, -0.25) is 0 Å². The molecule has 2 aromatic rings. The lowest BCUT2D eigenvalue weighted by Crippen LogP contribution is -2.20. The zero-order chi connectivity index (χ0) is 15.2. The molecule has 0 heterocycles. The van der Waals surface area contributed by atoms with Gasteiger partial charge in [-0.25, -0.2) is 4.39 Å². The number of aryl methyl sites for hydroxylation is 1. The maximum Gasteiger partial charge on any atom is 0.707 e. The SMILES string of the molecule is CCCCc1ccc(-c2ccc(OB(O)O)cc2F)cc1. The molecule has 0 aliphatic rings. The Kier molecular flexibility index (Phi) is 5.36. The van der Waals surface area contributed by atoms with E-state index in [9.17, 15) is 4.39 Å². The smallest absolute Gasteiger partial charge is 0.512 e. The predicted octanol–water partition coefficient (Wildman–Crippen LogP) is 3.18. The van der Waals surface area contributed by atoms with Gasteiger partial charge in [0.25, 0.3) is 0 Å². The monoisotopic (exact) mass is 288 g/mol. The van der Waals surface area contributed by atoms with E-state index in [1.807, 2.05) is 24.3 Å². The van der Waals surface area contributed by atoms with Crippen LogP contribution in [0.4, 0.5) is 4.39 Å². The number of unbranched alkanes of at least 4 members (excludes halogenated alkanes) is 1. The third kappa shape index (κ3) is 4.31. The second-order valence-corrected chi connectivity index (χ2v) is 4.89. The molecule has 0 aliphatic carbocycles. The highest BCUT2D eigenvalue weighted by Gasteiger charge is 2.13. The molecule has 0 saturated heterocycles. The summed E-state index contributed by atoms with van der Waals surface area (Å²) < 4.78 is 18.7. The van der Waals surface area contributed by atoms with Crippen LogP contribution >= 0.6 is 0 Å². The van der Waals surface area contributed by atoms with Crippen molar-refractivity contribution in [3.8, 4) is 16.9 Å². The van der Waals surface area contributed by atoms with Crippen molar-refractivity contribution < 1.29 is 19.1 Å². The Morgan fingerprint density at radius 3 is 2.38 bits per heavy atom. The molecule has 0 unspecified atom stereocenters. The summed E-state index contributed by atoms with van der Waals surface area (Å²) in [5.41, 5.74) is 2.48. The molecule has 110 valence electrons. The van der Waals surface area contributed by atoms with Crippen LogP contribution in [0, 0.1) is 5.82 Å². The van der Waals surface area contributed by atoms with E-state index in [0.29, 0.717) is 5.56 Å². The van der Waals surface area contributed by atoms with Gasteiger partial charge in [0.05, 0.1) is 0 Å². The Labute approximate surface area is 124 Å². The van der Waals surface area contributed by atoms with Gasteiger partial charge in [0.2, 0.25) is 0 Å². The van der Waals surface area contributed by atoms with E-state index in [1.54, 1.807) is 6.07 Å². The van der Waals surface area contributed by atoms with E-state index >= 15 is 0 Å². The van der Waals surface area contributed by atoms with Crippen LogP contribution in [0.3, 0.4) is 0 Å². The van der Waals surface area contributed by atoms with Gasteiger partial charge in [0.1, 0.15) is 11.6 Å². The van der Waals surface area contributed by atoms with Crippen LogP contribution in [0.15, 0.2) is 42.5 Å². The zero-order valence-corrected chi connectivity index (χ0v) is 11.9. The summed E-state index contributed by atoms with van der Waals surface area (Å²) in [6.07, 6.45) is 3.32. The van der Waals surface area contributed by atoms with E-state index in [-0.39, 0.29) is 5.75 Å². The van der Waals surface area contributed by atoms with Crippen molar-refractivity contribution in [1.29, 1.82) is 0 Å². The maximum atomic E-state index is 14.0. The molecule has 0 atom stereocenters. The molecule has 21 heavy (non-hydrogen) atoms. The molecule has 2 aromatic carbocycles. The van der Waals surface area contributed by atoms with Crippen LogP contribution < -0.4 is 4.65 Å². The summed E-state index contributed by atoms with van der Waals surface area (Å²) >= 11 is 0. The predicted molar refractivity (Wildman–Crippen MR) is 81.3 cm³/mol. The number of halogens is 1. The average molecular weight is 288 g/mol. The minimum atomic E-state index is -1.95. The van der Waals surface area contributed by atoms with Gasteiger partial charge in [0.15, 0.2) is 0 Å². The summed E-state index contributed by atoms with van der Waals surface area (Å²) in [7, 11) is -1.95. The minimum absolute atomic E-state index is 0.0748. The van der Waals surface area contributed by atoms with Crippen molar-refractivity contribution >= 4 is 7.32 Å². The van der Waals surface area contributed by atoms with Crippen LogP contribution in [0.2, 0.25) is 0 Å². The quantitative estimate of drug-likeness (QED) is 0.803. The second kappa shape index (κ2) is 7.25. The number of benzene rings is 2. The Bertz CT molecular complexity index is 585. The van der Waals surface area contributed by atoms with Gasteiger partial charge in [-0.05, 0) is 36.1 Å². The first-order valence-corrected chi connectivity index (χ1v) is 7.02. The third-order valence-corrected chi connectivity index (χ3v) is 3.27. The largest absolute Gasteiger partial charge is 0.707 e. The topological polar surface area (TPSA) is 49.7 Å². The summed E-state index contributed by atoms with van der Waals surface area (Å²) in [4.78, 5) is 0. The second-order valence-electron chi connectivity index (χ2n) is 4.89. The lowest BCUT2D eigenvalue weighted by Gasteiger charge is -2.09. The Morgan fingerprint density at radius 2 is 1.81 bits per heavy atom. The van der Waals surface area contributed by atoms with Crippen molar-refractivity contribution in [2.24, 2.45) is 0 Å². The summed E-state index contributed by atoms with van der Waals surface area (Å²) in [6.45, 7) is 2.15. The molecule has 0 fully saturated rings. The van der Waals surface area contributed by atoms with Gasteiger partial charge >= 0.3 is 7.32 Å². The van der Waals surface area contributed by atoms with E-state index < -0.39 is 13.1 Å². The van der Waals surface area contributed by atoms with Crippen LogP contribution in [0.25, 0.3) is 11.1 Å². The maximum absolute atomic E-state index is 14.0. The average Bonchev–Trinajstić information content (AvgIpc) is 2.45. The number of hydrogen-bond donors (Lipinski definition) is 2. The molecule has 0 aliphatic heterocycles. The summed E-state index contributed by atoms with van der Waals surface area (Å²) in [6, 6.07) is 12.0. The van der Waals surface area contributed by atoms with Gasteiger partial charge in [-0.15, -0.1) is 0 Å². The summed E-state index contributed by atoms with van der Waals surface area (Å²) in [5.74, 6) is -0.389. The fourth-order valence-electron chi connectivity index (χ4n) is 2.16. The third-order valence-electron chi connectivity index (χ3n) is 3.27. The van der Waals surface area contributed by atoms with Crippen molar-refractivity contribution in [2.75, 3.05) is 0 Å². The van der Waals surface area contributed by atoms with Gasteiger partial charge in [-0.1, -0.05) is 37.6 Å². The molecule has 2 rings (SSSR count). The van der Waals surface area contributed by atoms with Crippen LogP contribution in [0.1, 0.15) is 25.3 Å². The van der Waals surface area contributed by atoms with Crippen molar-refractivity contribution in [2.45, 2.75) is 26.2 Å². The Balaban J connectivity index is 2.17. The fraction of sp³-hybridized carbons (Fsp3) is 0.250. The zero-order valence-electron chi connectivity index (χ0n) is 11.9. The molecule has 0 aromatic heterocycles. The van der Waals surface area contributed by atoms with Gasteiger partial charge < -0.3 is 14.7 Å². The molecule has 0 saturated carbocycles. The van der Waals surface area contributed by atoms with Gasteiger partial charge in [-0.2, -0.15) is 0 Å². The number of rotatable bonds is 6. The summed E-state index contributed by atoms with van der Waals surface area (Å²) in [5, 5.41) is 17.4. The first-order valence-electron chi connectivity index (χ1n) is 7.02. The van der Waals surface area contributed by atoms with Crippen molar-refractivity contribution in [3.63, 3.8) is 0 Å². The van der Waals surface area contributed by atoms with E-state index in [4.69, 9.17) is 10.0 Å². The van der Waals surface area contributed by atoms with E-state index in [1.165, 1.54) is 11.6 Å². The molecule has 0 bridgehead atoms. The molecule has 5 heteroatoms. The molecule has 2 N–H and O–H groups in total. The molecule has 3 nitrogen and oxygen atoms in total. The van der Waals surface area contributed by atoms with Crippen molar-refractivity contribution in [3.05, 3.63) is 53.8 Å². The lowest BCUT2D eigenvalue weighted by atomic mass is 10.0. The molecule has 0 spiro atoms. The molecular weight excluding hydrogens is 270 g/mol. The van der Waals surface area contributed by atoms with Gasteiger partial charge in [0, 0.05) is 11.6 Å². The Hall–Kier alpha value is -1.85. The highest BCUT2D eigenvalue weighted by Crippen LogP contribution is 2.26. The number of hydrogen-bond acceptors (Lipinski definition) is 3. The van der Waals surface area contributed by atoms with E-state index in [0.717, 1.165) is 30.9 Å². The lowest BCUT2D eigenvalue weighted by molar-refractivity contribution is 0.287. The minimum Gasteiger partial charge on any atom is -0.512 e. The molecule has 0 radical (unpaired) electrons. The molecular formula is C16H18BFO3. The Morgan fingerprint density at radius 1 is 1.10 bits per heavy atom. The standard InChI is InChI=1S/C16H18BFO3/c1-2-3-4-12-5-7-13(8-6-12)15-10-9-14(11-16(15)18)21-17(19)20/h5-11,19-20H,2-4H2,1H3. The highest BCUT2D eigenvalue weighted by atomic mass is 19.1. The highest BCUT2D eigenvalue weighted by molar-refractivity contribution is 6.33. The van der Waals surface area contributed by atoms with Crippen LogP contribution in [-0.4, -0.2) is 17.4 Å². The van der Waals surface area contributed by atoms with Crippen LogP contribution in [-0.2, 0) is 6.42 Å². The normalized spacial score (nSPS) is 10.5.